The van der Waals surface area contributed by atoms with Gasteiger partial charge in [-0.15, -0.1) is 0 Å². The molecule has 1 aromatic carbocycles. The molecule has 9 nitrogen and oxygen atoms in total. The van der Waals surface area contributed by atoms with Gasteiger partial charge in [0.25, 0.3) is 0 Å². The van der Waals surface area contributed by atoms with Crippen molar-refractivity contribution < 1.29 is 19.4 Å². The molecule has 1 amide bonds. The molecule has 1 aromatic rings. The average Bonchev–Trinajstić information content (AvgIpc) is 2.54. The van der Waals surface area contributed by atoms with Gasteiger partial charge in [0.15, 0.2) is 0 Å². The third-order valence-electron chi connectivity index (χ3n) is 2.89. The summed E-state index contributed by atoms with van der Waals surface area (Å²) < 4.78 is 5.06. The number of carboxylic acids is 1. The fourth-order valence-corrected chi connectivity index (χ4v) is 1.80. The molecule has 136 valence electrons. The molecular formula is C17H19N5O4. The lowest BCUT2D eigenvalue weighted by molar-refractivity contribution is -0.139. The van der Waals surface area contributed by atoms with E-state index >= 15 is 0 Å². The zero-order valence-electron chi connectivity index (χ0n) is 14.6. The van der Waals surface area contributed by atoms with E-state index in [1.54, 1.807) is 57.2 Å². The van der Waals surface area contributed by atoms with E-state index in [-0.39, 0.29) is 12.1 Å². The van der Waals surface area contributed by atoms with Crippen LogP contribution in [0.3, 0.4) is 0 Å². The predicted molar refractivity (Wildman–Crippen MR) is 93.2 cm³/mol. The molecule has 0 bridgehead atoms. The maximum absolute atomic E-state index is 11.7. The molecule has 26 heavy (non-hydrogen) atoms. The number of aliphatic carboxylic acids is 1. The van der Waals surface area contributed by atoms with E-state index in [4.69, 9.17) is 15.3 Å². The number of anilines is 1. The molecule has 0 aliphatic rings. The van der Waals surface area contributed by atoms with Crippen molar-refractivity contribution in [2.45, 2.75) is 38.8 Å². The maximum Gasteiger partial charge on any atom is 0.408 e. The number of carbonyl (C=O) groups excluding carboxylic acids is 1. The SMILES string of the molecule is CC(C)(C)OC(=O)NC(Cc1ccc(NN=C(C#N)C#N)cc1)C(=O)O. The zero-order valence-corrected chi connectivity index (χ0v) is 14.6. The van der Waals surface area contributed by atoms with E-state index in [9.17, 15) is 14.7 Å². The molecule has 0 saturated heterocycles. The fourth-order valence-electron chi connectivity index (χ4n) is 1.80. The van der Waals surface area contributed by atoms with E-state index in [1.165, 1.54) is 0 Å². The number of hydrogen-bond donors (Lipinski definition) is 3. The maximum atomic E-state index is 11.7. The molecule has 0 aliphatic carbocycles. The molecule has 3 N–H and O–H groups in total. The lowest BCUT2D eigenvalue weighted by Gasteiger charge is -2.22. The van der Waals surface area contributed by atoms with Crippen molar-refractivity contribution in [3.05, 3.63) is 29.8 Å². The summed E-state index contributed by atoms with van der Waals surface area (Å²) in [4.78, 5) is 23.1. The van der Waals surface area contributed by atoms with Crippen molar-refractivity contribution in [3.63, 3.8) is 0 Å². The number of nitriles is 2. The number of hydrazone groups is 1. The Morgan fingerprint density at radius 3 is 2.27 bits per heavy atom. The van der Waals surface area contributed by atoms with Gasteiger partial charge in [-0.3, -0.25) is 5.43 Å². The molecule has 1 unspecified atom stereocenters. The summed E-state index contributed by atoms with van der Waals surface area (Å²) in [6, 6.07) is 8.58. The zero-order chi connectivity index (χ0) is 19.7. The monoisotopic (exact) mass is 357 g/mol. The third kappa shape index (κ3) is 7.32. The third-order valence-corrected chi connectivity index (χ3v) is 2.89. The minimum atomic E-state index is -1.18. The predicted octanol–water partition coefficient (Wildman–Crippen LogP) is 2.02. The van der Waals surface area contributed by atoms with E-state index in [2.05, 4.69) is 15.8 Å². The number of alkyl carbamates (subject to hydrolysis) is 1. The Morgan fingerprint density at radius 1 is 1.23 bits per heavy atom. The highest BCUT2D eigenvalue weighted by Crippen LogP contribution is 2.12. The van der Waals surface area contributed by atoms with Crippen molar-refractivity contribution in [2.75, 3.05) is 5.43 Å². The summed E-state index contributed by atoms with van der Waals surface area (Å²) in [6.45, 7) is 5.04. The van der Waals surface area contributed by atoms with Crippen LogP contribution in [-0.2, 0) is 16.0 Å². The van der Waals surface area contributed by atoms with Crippen molar-refractivity contribution in [3.8, 4) is 12.1 Å². The Labute approximate surface area is 150 Å². The van der Waals surface area contributed by atoms with Gasteiger partial charge in [-0.2, -0.15) is 15.6 Å². The van der Waals surface area contributed by atoms with Gasteiger partial charge >= 0.3 is 12.1 Å². The van der Waals surface area contributed by atoms with Crippen LogP contribution in [0, 0.1) is 22.7 Å². The van der Waals surface area contributed by atoms with E-state index < -0.39 is 23.7 Å². The van der Waals surface area contributed by atoms with Crippen molar-refractivity contribution in [1.29, 1.82) is 10.5 Å². The van der Waals surface area contributed by atoms with Gasteiger partial charge in [-0.1, -0.05) is 12.1 Å². The van der Waals surface area contributed by atoms with Gasteiger partial charge in [0.05, 0.1) is 5.69 Å². The van der Waals surface area contributed by atoms with Crippen molar-refractivity contribution >= 4 is 23.5 Å². The van der Waals surface area contributed by atoms with Crippen LogP contribution < -0.4 is 10.7 Å². The topological polar surface area (TPSA) is 148 Å². The van der Waals surface area contributed by atoms with Gasteiger partial charge in [0.2, 0.25) is 5.71 Å². The van der Waals surface area contributed by atoms with Crippen LogP contribution in [0.5, 0.6) is 0 Å². The lowest BCUT2D eigenvalue weighted by atomic mass is 10.1. The van der Waals surface area contributed by atoms with Crippen molar-refractivity contribution in [2.24, 2.45) is 5.10 Å². The standard InChI is InChI=1S/C17H19N5O4/c1-17(2,3)26-16(25)20-14(15(23)24)8-11-4-6-12(7-5-11)21-22-13(9-18)10-19/h4-7,14,21H,8H2,1-3H3,(H,20,25)(H,23,24). The minimum absolute atomic E-state index is 0.0553. The molecule has 0 saturated carbocycles. The van der Waals surface area contributed by atoms with Gasteiger partial charge in [-0.05, 0) is 38.5 Å². The summed E-state index contributed by atoms with van der Waals surface area (Å²) in [7, 11) is 0. The van der Waals surface area contributed by atoms with Gasteiger partial charge in [-0.25, -0.2) is 9.59 Å². The minimum Gasteiger partial charge on any atom is -0.480 e. The van der Waals surface area contributed by atoms with Crippen LogP contribution in [0.25, 0.3) is 0 Å². The van der Waals surface area contributed by atoms with Gasteiger partial charge < -0.3 is 15.2 Å². The molecule has 9 heteroatoms. The summed E-state index contributed by atoms with van der Waals surface area (Å²) >= 11 is 0. The van der Waals surface area contributed by atoms with Gasteiger partial charge in [0, 0.05) is 6.42 Å². The Bertz CT molecular complexity index is 750. The molecule has 1 rings (SSSR count). The van der Waals surface area contributed by atoms with Crippen LogP contribution in [0.4, 0.5) is 10.5 Å². The first-order chi connectivity index (χ1) is 12.1. The fraction of sp³-hybridized carbons (Fsp3) is 0.353. The molecular weight excluding hydrogens is 338 g/mol. The number of benzene rings is 1. The van der Waals surface area contributed by atoms with Crippen LogP contribution in [-0.4, -0.2) is 34.5 Å². The number of rotatable bonds is 6. The van der Waals surface area contributed by atoms with Crippen LogP contribution in [0.1, 0.15) is 26.3 Å². The van der Waals surface area contributed by atoms with Gasteiger partial charge in [0.1, 0.15) is 23.8 Å². The van der Waals surface area contributed by atoms with Crippen LogP contribution >= 0.6 is 0 Å². The second-order valence-corrected chi connectivity index (χ2v) is 6.23. The summed E-state index contributed by atoms with van der Waals surface area (Å²) in [5, 5.41) is 32.4. The van der Waals surface area contributed by atoms with Crippen LogP contribution in [0.2, 0.25) is 0 Å². The first kappa shape index (κ1) is 20.5. The second-order valence-electron chi connectivity index (χ2n) is 6.23. The van der Waals surface area contributed by atoms with Crippen molar-refractivity contribution in [1.82, 2.24) is 5.32 Å². The number of carbonyl (C=O) groups is 2. The van der Waals surface area contributed by atoms with E-state index in [0.29, 0.717) is 11.3 Å². The average molecular weight is 357 g/mol. The highest BCUT2D eigenvalue weighted by atomic mass is 16.6. The largest absolute Gasteiger partial charge is 0.480 e. The first-order valence-electron chi connectivity index (χ1n) is 7.60. The molecule has 1 atom stereocenters. The molecule has 0 spiro atoms. The van der Waals surface area contributed by atoms with E-state index in [1.807, 2.05) is 0 Å². The van der Waals surface area contributed by atoms with E-state index in [0.717, 1.165) is 0 Å². The number of amides is 1. The molecule has 0 aliphatic heterocycles. The Morgan fingerprint density at radius 2 is 1.81 bits per heavy atom. The summed E-state index contributed by atoms with van der Waals surface area (Å²) in [6.07, 6.45) is -0.752. The number of ether oxygens (including phenoxy) is 1. The Balaban J connectivity index is 2.74. The number of hydrogen-bond acceptors (Lipinski definition) is 7. The lowest BCUT2D eigenvalue weighted by Crippen LogP contribution is -2.44. The Hall–Kier alpha value is -3.59. The molecule has 0 aromatic heterocycles. The highest BCUT2D eigenvalue weighted by Gasteiger charge is 2.24. The molecule has 0 radical (unpaired) electrons. The number of nitrogens with one attached hydrogen (secondary N) is 2. The van der Waals surface area contributed by atoms with Crippen LogP contribution in [0.15, 0.2) is 29.4 Å². The first-order valence-corrected chi connectivity index (χ1v) is 7.60. The number of nitrogens with zero attached hydrogens (tertiary/aromatic N) is 3. The Kier molecular flexibility index (Phi) is 7.11. The highest BCUT2D eigenvalue weighted by molar-refractivity contribution is 6.10. The smallest absolute Gasteiger partial charge is 0.408 e. The normalized spacial score (nSPS) is 11.3. The summed E-state index contributed by atoms with van der Waals surface area (Å²) in [5.74, 6) is -1.18. The quantitative estimate of drug-likeness (QED) is 0.521. The summed E-state index contributed by atoms with van der Waals surface area (Å²) in [5.41, 5.74) is 2.67. The molecule has 0 fully saturated rings. The second kappa shape index (κ2) is 9.04. The number of carboxylic acid groups (broad SMARTS) is 1. The molecule has 0 heterocycles.